The Kier molecular flexibility index (Phi) is 13.6. The number of rotatable bonds is 11. The molecule has 2 aliphatic heterocycles. The number of carbonyl (C=O) groups excluding carboxylic acids is 5. The number of ketones is 1. The molecule has 358 valence electrons. The number of fused-ring (bicyclic) bond motifs is 5. The number of hydrogen-bond donors (Lipinski definition) is 7. The van der Waals surface area contributed by atoms with Crippen LogP contribution in [0, 0.1) is 16.7 Å². The van der Waals surface area contributed by atoms with Gasteiger partial charge in [0.05, 0.1) is 42.3 Å². The van der Waals surface area contributed by atoms with Gasteiger partial charge >= 0.3 is 17.9 Å². The second-order valence-electron chi connectivity index (χ2n) is 18.7. The average Bonchev–Trinajstić information content (AvgIpc) is 3.28. The lowest BCUT2D eigenvalue weighted by molar-refractivity contribution is -0.366. The van der Waals surface area contributed by atoms with E-state index in [-0.39, 0.29) is 29.7 Å². The summed E-state index contributed by atoms with van der Waals surface area (Å²) < 4.78 is 36.7. The van der Waals surface area contributed by atoms with Crippen molar-refractivity contribution in [3.8, 4) is 0 Å². The SMILES string of the molecule is C/C=C(\C)C(=O)NC(c1ccccc1)C(O)C(=O)OC1CC2(O)C(OC(=O)c3ccccc3)C3C4(OC(C)=O)COC4CC(OC4OCC(O)C(O)C4O)C3(C)C(=O)C(O)C(=C1C)C2(C)C. The number of Topliss-reactive ketones (excluding diaryl/α,β-unsaturated/α-hetero) is 1. The normalized spacial score (nSPS) is 37.0. The number of aliphatic hydroxyl groups is 6. The molecule has 0 aromatic heterocycles. The van der Waals surface area contributed by atoms with Crippen LogP contribution in [0.2, 0.25) is 0 Å². The summed E-state index contributed by atoms with van der Waals surface area (Å²) in [5.74, 6) is -6.24. The van der Waals surface area contributed by atoms with E-state index in [4.69, 9.17) is 28.4 Å². The predicted molar refractivity (Wildman–Crippen MR) is 228 cm³/mol. The predicted octanol–water partition coefficient (Wildman–Crippen LogP) is 1.28. The monoisotopic (exact) mass is 921 g/mol. The van der Waals surface area contributed by atoms with Crippen molar-refractivity contribution >= 4 is 29.6 Å². The molecular weight excluding hydrogens is 863 g/mol. The number of amides is 1. The third kappa shape index (κ3) is 8.09. The Bertz CT molecular complexity index is 2270. The summed E-state index contributed by atoms with van der Waals surface area (Å²) in [7, 11) is 0. The Morgan fingerprint density at radius 2 is 1.55 bits per heavy atom. The molecule has 7 rings (SSSR count). The van der Waals surface area contributed by atoms with Crippen LogP contribution in [0.4, 0.5) is 0 Å². The first kappa shape index (κ1) is 49.0. The van der Waals surface area contributed by atoms with Gasteiger partial charge in [-0.2, -0.15) is 0 Å². The number of aliphatic hydroxyl groups excluding tert-OH is 5. The first-order chi connectivity index (χ1) is 31.0. The Morgan fingerprint density at radius 1 is 0.909 bits per heavy atom. The molecule has 2 aromatic carbocycles. The minimum absolute atomic E-state index is 0.0304. The van der Waals surface area contributed by atoms with Gasteiger partial charge < -0.3 is 64.4 Å². The van der Waals surface area contributed by atoms with Crippen LogP contribution < -0.4 is 5.32 Å². The second kappa shape index (κ2) is 18.3. The average molecular weight is 922 g/mol. The minimum atomic E-state index is -2.46. The van der Waals surface area contributed by atoms with Gasteiger partial charge in [-0.05, 0) is 56.5 Å². The van der Waals surface area contributed by atoms with E-state index in [9.17, 15) is 49.8 Å². The van der Waals surface area contributed by atoms with Gasteiger partial charge in [0.25, 0.3) is 0 Å². The molecule has 0 spiro atoms. The lowest BCUT2D eigenvalue weighted by atomic mass is 9.44. The molecule has 2 aromatic rings. The lowest BCUT2D eigenvalue weighted by Gasteiger charge is -2.68. The zero-order chi connectivity index (χ0) is 48.3. The van der Waals surface area contributed by atoms with E-state index < -0.39 is 138 Å². The number of esters is 3. The zero-order valence-corrected chi connectivity index (χ0v) is 37.8. The summed E-state index contributed by atoms with van der Waals surface area (Å²) in [6.45, 7) is 9.42. The van der Waals surface area contributed by atoms with Crippen molar-refractivity contribution in [1.29, 1.82) is 0 Å². The molecule has 5 aliphatic rings. The van der Waals surface area contributed by atoms with Gasteiger partial charge in [-0.15, -0.1) is 0 Å². The van der Waals surface area contributed by atoms with Gasteiger partial charge in [-0.25, -0.2) is 9.59 Å². The summed E-state index contributed by atoms with van der Waals surface area (Å²) in [6, 6.07) is 14.6. The van der Waals surface area contributed by atoms with E-state index in [1.54, 1.807) is 68.5 Å². The van der Waals surface area contributed by atoms with Crippen molar-refractivity contribution < 1.29 is 83.0 Å². The van der Waals surface area contributed by atoms with E-state index >= 15 is 4.79 Å². The highest BCUT2D eigenvalue weighted by Gasteiger charge is 2.78. The number of nitrogens with one attached hydrogen (secondary N) is 1. The molecule has 15 atom stereocenters. The van der Waals surface area contributed by atoms with Crippen LogP contribution in [-0.4, -0.2) is 146 Å². The fourth-order valence-electron chi connectivity index (χ4n) is 10.7. The largest absolute Gasteiger partial charge is 0.456 e. The first-order valence-electron chi connectivity index (χ1n) is 22.0. The molecule has 7 N–H and O–H groups in total. The summed E-state index contributed by atoms with van der Waals surface area (Å²) in [6.07, 6.45) is -16.1. The maximum atomic E-state index is 15.7. The topological polar surface area (TPSA) is 274 Å². The Morgan fingerprint density at radius 3 is 2.14 bits per heavy atom. The molecule has 3 aliphatic carbocycles. The molecule has 1 amide bonds. The number of ether oxygens (including phenoxy) is 6. The van der Waals surface area contributed by atoms with Crippen LogP contribution in [0.15, 0.2) is 83.5 Å². The number of carbonyl (C=O) groups is 5. The standard InChI is InChI=1S/C48H59NO17/c1-8-23(2)41(57)49-33(26-15-11-9-12-16-26)36(54)43(59)63-29-20-48(60)40(65-42(58)27-17-13-10-14-18-27)38-46(7,39(56)35(53)32(24(29)3)45(48,5)6)30(19-31-47(38,22-62-31)66-25(4)50)64-44-37(55)34(52)28(51)21-61-44/h8-18,28-31,33-38,40,44,51-55,60H,19-22H2,1-7H3,(H,49,57)/b23-8+. The number of hydrogen-bond acceptors (Lipinski definition) is 17. The zero-order valence-electron chi connectivity index (χ0n) is 37.8. The lowest BCUT2D eigenvalue weighted by Crippen LogP contribution is -2.82. The number of allylic oxidation sites excluding steroid dienone is 1. The van der Waals surface area contributed by atoms with Crippen LogP contribution in [0.3, 0.4) is 0 Å². The number of benzene rings is 2. The van der Waals surface area contributed by atoms with E-state index in [0.717, 1.165) is 6.92 Å². The molecule has 18 nitrogen and oxygen atoms in total. The molecule has 2 saturated carbocycles. The molecule has 2 saturated heterocycles. The van der Waals surface area contributed by atoms with Crippen LogP contribution in [-0.2, 0) is 47.6 Å². The third-order valence-electron chi connectivity index (χ3n) is 14.7. The third-order valence-corrected chi connectivity index (χ3v) is 14.7. The molecule has 2 heterocycles. The van der Waals surface area contributed by atoms with E-state index in [1.807, 2.05) is 0 Å². The fraction of sp³-hybridized carbons (Fsp3) is 0.562. The van der Waals surface area contributed by atoms with Crippen LogP contribution >= 0.6 is 0 Å². The summed E-state index contributed by atoms with van der Waals surface area (Å²) in [5.41, 5.74) is -7.49. The van der Waals surface area contributed by atoms with Gasteiger partial charge in [-0.3, -0.25) is 14.4 Å². The van der Waals surface area contributed by atoms with Gasteiger partial charge in [0.1, 0.15) is 48.3 Å². The second-order valence-corrected chi connectivity index (χ2v) is 18.7. The summed E-state index contributed by atoms with van der Waals surface area (Å²) in [5, 5.41) is 72.6. The van der Waals surface area contributed by atoms with Crippen molar-refractivity contribution in [2.45, 2.75) is 140 Å². The maximum absolute atomic E-state index is 15.7. The van der Waals surface area contributed by atoms with Crippen molar-refractivity contribution in [1.82, 2.24) is 5.32 Å². The maximum Gasteiger partial charge on any atom is 0.338 e. The van der Waals surface area contributed by atoms with Crippen molar-refractivity contribution in [2.75, 3.05) is 13.2 Å². The molecule has 4 fully saturated rings. The van der Waals surface area contributed by atoms with Crippen molar-refractivity contribution in [3.05, 3.63) is 94.6 Å². The van der Waals surface area contributed by atoms with E-state index in [1.165, 1.54) is 39.8 Å². The molecule has 18 heteroatoms. The van der Waals surface area contributed by atoms with Gasteiger partial charge in [-0.1, -0.05) is 68.5 Å². The van der Waals surface area contributed by atoms with Crippen LogP contribution in [0.5, 0.6) is 0 Å². The molecule has 15 unspecified atom stereocenters. The molecule has 66 heavy (non-hydrogen) atoms. The summed E-state index contributed by atoms with van der Waals surface area (Å²) in [4.78, 5) is 70.7. The Balaban J connectivity index is 1.39. The van der Waals surface area contributed by atoms with Crippen LogP contribution in [0.1, 0.15) is 83.3 Å². The Hall–Kier alpha value is -4.89. The van der Waals surface area contributed by atoms with Gasteiger partial charge in [0.15, 0.2) is 23.8 Å². The quantitative estimate of drug-likeness (QED) is 0.0724. The Labute approximate surface area is 381 Å². The highest BCUT2D eigenvalue weighted by atomic mass is 16.7. The first-order valence-corrected chi connectivity index (χ1v) is 22.0. The molecule has 2 bridgehead atoms. The molecule has 0 radical (unpaired) electrons. The summed E-state index contributed by atoms with van der Waals surface area (Å²) >= 11 is 0. The minimum Gasteiger partial charge on any atom is -0.456 e. The van der Waals surface area contributed by atoms with Crippen molar-refractivity contribution in [2.24, 2.45) is 16.7 Å². The van der Waals surface area contributed by atoms with Crippen LogP contribution in [0.25, 0.3) is 0 Å². The van der Waals surface area contributed by atoms with Gasteiger partial charge in [0, 0.05) is 30.8 Å². The van der Waals surface area contributed by atoms with Gasteiger partial charge in [0.2, 0.25) is 5.91 Å². The van der Waals surface area contributed by atoms with E-state index in [2.05, 4.69) is 5.32 Å². The fourth-order valence-corrected chi connectivity index (χ4v) is 10.7. The smallest absolute Gasteiger partial charge is 0.338 e. The van der Waals surface area contributed by atoms with E-state index in [0.29, 0.717) is 11.1 Å². The highest BCUT2D eigenvalue weighted by Crippen LogP contribution is 2.65. The van der Waals surface area contributed by atoms with Crippen molar-refractivity contribution in [3.63, 3.8) is 0 Å². The highest BCUT2D eigenvalue weighted by molar-refractivity contribution is 5.95. The molecular formula is C48H59NO17.